The fraction of sp³-hybridized carbons (Fsp3) is 0.254. The molecule has 3 heterocycles. The predicted molar refractivity (Wildman–Crippen MR) is 274 cm³/mol. The zero-order valence-corrected chi connectivity index (χ0v) is 43.2. The summed E-state index contributed by atoms with van der Waals surface area (Å²) in [5, 5.41) is 2.51. The van der Waals surface area contributed by atoms with E-state index in [1.54, 1.807) is 0 Å². The van der Waals surface area contributed by atoms with Crippen molar-refractivity contribution in [3.63, 3.8) is 0 Å². The topological polar surface area (TPSA) is 43.9 Å². The van der Waals surface area contributed by atoms with Crippen LogP contribution in [-0.4, -0.2) is 22.6 Å². The average molecular weight is 1050 g/mol. The first-order valence-corrected chi connectivity index (χ1v) is 26.4. The molecule has 0 amide bonds. The molecular weight excluding hydrogens is 987 g/mol. The van der Waals surface area contributed by atoms with Crippen LogP contribution >= 0.6 is 0 Å². The number of benzene rings is 6. The van der Waals surface area contributed by atoms with E-state index < -0.39 is 8.07 Å². The van der Waals surface area contributed by atoms with Crippen molar-refractivity contribution in [2.75, 3.05) is 0 Å². The average Bonchev–Trinajstić information content (AvgIpc) is 3.87. The normalized spacial score (nSPS) is 11.7. The molecule has 333 valence electrons. The molecule has 9 rings (SSSR count). The monoisotopic (exact) mass is 1050 g/mol. The second-order valence-electron chi connectivity index (χ2n) is 19.3. The number of nitrogens with zero attached hydrogens (tertiary/aromatic N) is 3. The van der Waals surface area contributed by atoms with Gasteiger partial charge in [0, 0.05) is 43.8 Å². The number of hydrogen-bond donors (Lipinski definition) is 0. The second-order valence-corrected chi connectivity index (χ2v) is 24.4. The molecule has 0 bridgehead atoms. The van der Waals surface area contributed by atoms with Gasteiger partial charge in [-0.05, 0) is 118 Å². The molecule has 0 saturated carbocycles. The molecule has 9 aromatic rings. The van der Waals surface area contributed by atoms with Crippen LogP contribution in [0.25, 0.3) is 72.6 Å². The van der Waals surface area contributed by atoms with Crippen LogP contribution in [0.5, 0.6) is 0 Å². The molecule has 0 fully saturated rings. The third kappa shape index (κ3) is 9.96. The number of aromatic nitrogens is 3. The quantitative estimate of drug-likeness (QED) is 0.101. The van der Waals surface area contributed by atoms with Gasteiger partial charge < -0.3 is 14.0 Å². The minimum atomic E-state index is -1.34. The van der Waals surface area contributed by atoms with Crippen molar-refractivity contribution in [1.82, 2.24) is 14.5 Å². The molecule has 6 heteroatoms. The Morgan fingerprint density at radius 2 is 1.34 bits per heavy atom. The Hall–Kier alpha value is -5.65. The smallest absolute Gasteiger partial charge is 0.0798 e. The van der Waals surface area contributed by atoms with E-state index in [0.717, 1.165) is 51.1 Å². The molecule has 0 spiro atoms. The van der Waals surface area contributed by atoms with Crippen molar-refractivity contribution in [1.29, 1.82) is 0 Å². The van der Waals surface area contributed by atoms with Crippen LogP contribution in [0.2, 0.25) is 19.6 Å². The molecule has 0 N–H and O–H groups in total. The summed E-state index contributed by atoms with van der Waals surface area (Å²) in [4.78, 5) is 9.96. The van der Waals surface area contributed by atoms with E-state index in [4.69, 9.17) is 9.40 Å². The minimum Gasteiger partial charge on any atom is -0.557 e. The number of imidazole rings is 1. The van der Waals surface area contributed by atoms with E-state index in [1.165, 1.54) is 60.9 Å². The number of rotatable bonds is 10. The Balaban J connectivity index is 0.000000253. The molecule has 4 nitrogen and oxygen atoms in total. The van der Waals surface area contributed by atoms with Crippen molar-refractivity contribution in [3.05, 3.63) is 180 Å². The summed E-state index contributed by atoms with van der Waals surface area (Å²) < 4.78 is 8.46. The molecule has 0 saturated heterocycles. The number of pyridine rings is 1. The van der Waals surface area contributed by atoms with Gasteiger partial charge in [-0.25, -0.2) is 0 Å². The number of furan rings is 1. The van der Waals surface area contributed by atoms with Gasteiger partial charge in [0.1, 0.15) is 0 Å². The third-order valence-corrected chi connectivity index (χ3v) is 14.3. The second kappa shape index (κ2) is 19.8. The van der Waals surface area contributed by atoms with Crippen molar-refractivity contribution >= 4 is 35.3 Å². The zero-order valence-electron chi connectivity index (χ0n) is 39.8. The maximum Gasteiger partial charge on any atom is 0.0798 e. The van der Waals surface area contributed by atoms with Gasteiger partial charge in [0.25, 0.3) is 0 Å². The molecule has 3 aromatic heterocycles. The maximum absolute atomic E-state index is 6.10. The summed E-state index contributed by atoms with van der Waals surface area (Å²) in [5.41, 5.74) is 18.5. The molecule has 6 aromatic carbocycles. The van der Waals surface area contributed by atoms with Gasteiger partial charge in [-0.2, -0.15) is 0 Å². The van der Waals surface area contributed by atoms with Crippen LogP contribution in [0.1, 0.15) is 81.2 Å². The van der Waals surface area contributed by atoms with Gasteiger partial charge in [0.05, 0.1) is 24.9 Å². The fourth-order valence-corrected chi connectivity index (χ4v) is 10.7. The third-order valence-electron chi connectivity index (χ3n) is 12.2. The first-order valence-electron chi connectivity index (χ1n) is 22.9. The Bertz CT molecular complexity index is 3010. The van der Waals surface area contributed by atoms with E-state index in [2.05, 4.69) is 218 Å². The van der Waals surface area contributed by atoms with Crippen molar-refractivity contribution < 1.29 is 24.5 Å². The van der Waals surface area contributed by atoms with Gasteiger partial charge in [0.15, 0.2) is 0 Å². The van der Waals surface area contributed by atoms with E-state index >= 15 is 0 Å². The molecular formula is C59H61IrN3OSi-2. The van der Waals surface area contributed by atoms with Gasteiger partial charge in [-0.15, -0.1) is 35.9 Å². The Labute approximate surface area is 401 Å². The summed E-state index contributed by atoms with van der Waals surface area (Å²) in [6.45, 7) is 25.2. The zero-order chi connectivity index (χ0) is 45.3. The van der Waals surface area contributed by atoms with Gasteiger partial charge in [-0.3, -0.25) is 4.98 Å². The molecule has 0 aliphatic rings. The molecule has 0 unspecified atom stereocenters. The van der Waals surface area contributed by atoms with Crippen LogP contribution in [0.15, 0.2) is 144 Å². The predicted octanol–water partition coefficient (Wildman–Crippen LogP) is 15.7. The van der Waals surface area contributed by atoms with E-state index in [0.29, 0.717) is 17.8 Å². The standard InChI is InChI=1S/C41H37N2O.C18H24NSi.Ir/c1-25(2)32-22-31(29-15-8-7-9-16-29)23-33(26(3)4)40(32)43-37-18-11-10-17-36(37)42-41(43)35-24-44-38-20-19-30(21-34(35)38)39-27(5)13-12-14-28(39)6;1-14(2)11-16-12-17(15-9-7-6-8-10-15)19-13-18(16)20(3,4)5;/h7-23,25-26H,1-6H3;6-9,12-14H,11H2,1-5H3;/q2*-1;. The van der Waals surface area contributed by atoms with E-state index in [9.17, 15) is 0 Å². The molecule has 0 aliphatic carbocycles. The molecule has 1 radical (unpaired) electrons. The van der Waals surface area contributed by atoms with Gasteiger partial charge in [-0.1, -0.05) is 163 Å². The largest absolute Gasteiger partial charge is 0.557 e. The van der Waals surface area contributed by atoms with E-state index in [1.807, 2.05) is 18.2 Å². The summed E-state index contributed by atoms with van der Waals surface area (Å²) in [7, 11) is -1.34. The Kier molecular flexibility index (Phi) is 14.4. The fourth-order valence-electron chi connectivity index (χ4n) is 9.08. The Morgan fingerprint density at radius 1 is 0.677 bits per heavy atom. The Morgan fingerprint density at radius 3 is 1.97 bits per heavy atom. The van der Waals surface area contributed by atoms with Crippen molar-refractivity contribution in [2.45, 2.75) is 93.3 Å². The summed E-state index contributed by atoms with van der Waals surface area (Å²) in [5.74, 6) is 2.10. The van der Waals surface area contributed by atoms with Gasteiger partial charge in [0.2, 0.25) is 0 Å². The van der Waals surface area contributed by atoms with Gasteiger partial charge >= 0.3 is 0 Å². The van der Waals surface area contributed by atoms with Crippen molar-refractivity contribution in [2.24, 2.45) is 5.92 Å². The molecule has 0 aliphatic heterocycles. The minimum absolute atomic E-state index is 0. The van der Waals surface area contributed by atoms with Crippen LogP contribution in [-0.2, 0) is 26.5 Å². The first kappa shape index (κ1) is 47.3. The summed E-state index contributed by atoms with van der Waals surface area (Å²) in [6, 6.07) is 50.4. The number of fused-ring (bicyclic) bond motifs is 2. The number of para-hydroxylation sites is 2. The molecule has 65 heavy (non-hydrogen) atoms. The number of hydrogen-bond acceptors (Lipinski definition) is 3. The summed E-state index contributed by atoms with van der Waals surface area (Å²) in [6.07, 6.45) is 6.52. The van der Waals surface area contributed by atoms with Crippen molar-refractivity contribution in [3.8, 4) is 50.6 Å². The van der Waals surface area contributed by atoms with Crippen LogP contribution in [0.4, 0.5) is 0 Å². The van der Waals surface area contributed by atoms with Crippen LogP contribution < -0.4 is 5.19 Å². The maximum atomic E-state index is 6.10. The SMILES string of the molecule is CC(C)Cc1cc(-c2[c-]cccc2)ncc1[Si](C)(C)C.Cc1cccc(C)c1-c1ccc2o[c-]c(-c3nc4ccccc4n3-c3c(C(C)C)cc(-c4ccccc4)cc3C(C)C)c2c1.[Ir]. The van der Waals surface area contributed by atoms with Crippen LogP contribution in [0.3, 0.4) is 0 Å². The number of aryl methyl sites for hydroxylation is 2. The summed E-state index contributed by atoms with van der Waals surface area (Å²) >= 11 is 0. The van der Waals surface area contributed by atoms with E-state index in [-0.39, 0.29) is 20.1 Å². The van der Waals surface area contributed by atoms with Crippen LogP contribution in [0, 0.1) is 32.1 Å². The first-order chi connectivity index (χ1) is 30.7. The molecule has 0 atom stereocenters.